The van der Waals surface area contributed by atoms with Crippen LogP contribution in [0.4, 0.5) is 0 Å². The van der Waals surface area contributed by atoms with Gasteiger partial charge in [0.2, 0.25) is 0 Å². The van der Waals surface area contributed by atoms with Gasteiger partial charge in [-0.3, -0.25) is 5.10 Å². The number of nitrogens with one attached hydrogen (secondary N) is 1. The summed E-state index contributed by atoms with van der Waals surface area (Å²) in [5.74, 6) is 1.15. The molecule has 2 heterocycles. The minimum absolute atomic E-state index is 0.503. The molecule has 1 atom stereocenters. The molecule has 2 aromatic rings. The summed E-state index contributed by atoms with van der Waals surface area (Å²) in [6.45, 7) is 1.65. The lowest BCUT2D eigenvalue weighted by Gasteiger charge is -1.94. The van der Waals surface area contributed by atoms with Gasteiger partial charge in [-0.1, -0.05) is 6.07 Å². The van der Waals surface area contributed by atoms with Crippen LogP contribution in [0.1, 0.15) is 18.9 Å². The highest BCUT2D eigenvalue weighted by molar-refractivity contribution is 7.13. The number of nitrogens with zero attached hydrogens (tertiary/aromatic N) is 2. The van der Waals surface area contributed by atoms with Crippen molar-refractivity contribution in [1.82, 2.24) is 15.2 Å². The zero-order chi connectivity index (χ0) is 9.26. The number of aromatic nitrogens is 3. The summed E-state index contributed by atoms with van der Waals surface area (Å²) < 4.78 is 0. The normalized spacial score (nSPS) is 13.1. The lowest BCUT2D eigenvalue weighted by Crippen LogP contribution is -1.92. The van der Waals surface area contributed by atoms with Crippen LogP contribution in [0.25, 0.3) is 10.7 Å². The first-order valence-corrected chi connectivity index (χ1v) is 4.79. The number of aliphatic hydroxyl groups is 1. The maximum Gasteiger partial charge on any atom is 0.191 e. The molecule has 5 heteroatoms. The molecule has 0 amide bonds. The number of aliphatic hydroxyl groups excluding tert-OH is 1. The van der Waals surface area contributed by atoms with Crippen LogP contribution in [-0.2, 0) is 0 Å². The molecule has 68 valence electrons. The molecule has 4 nitrogen and oxygen atoms in total. The Labute approximate surface area is 79.3 Å². The number of H-pyrrole nitrogens is 1. The van der Waals surface area contributed by atoms with E-state index in [9.17, 15) is 5.11 Å². The lowest BCUT2D eigenvalue weighted by molar-refractivity contribution is 0.189. The van der Waals surface area contributed by atoms with Gasteiger partial charge < -0.3 is 5.11 Å². The van der Waals surface area contributed by atoms with E-state index in [4.69, 9.17) is 0 Å². The van der Waals surface area contributed by atoms with Crippen LogP contribution < -0.4 is 0 Å². The summed E-state index contributed by atoms with van der Waals surface area (Å²) in [5, 5.41) is 17.9. The zero-order valence-electron chi connectivity index (χ0n) is 7.06. The molecule has 0 spiro atoms. The molecule has 0 aromatic carbocycles. The van der Waals surface area contributed by atoms with Gasteiger partial charge in [0.25, 0.3) is 0 Å². The molecule has 13 heavy (non-hydrogen) atoms. The summed E-state index contributed by atoms with van der Waals surface area (Å²) in [4.78, 5) is 5.15. The molecule has 0 aliphatic rings. The van der Waals surface area contributed by atoms with Crippen LogP contribution >= 0.6 is 11.3 Å². The van der Waals surface area contributed by atoms with E-state index >= 15 is 0 Å². The summed E-state index contributed by atoms with van der Waals surface area (Å²) in [6.07, 6.45) is -0.596. The van der Waals surface area contributed by atoms with Crippen LogP contribution in [-0.4, -0.2) is 20.3 Å². The molecule has 2 aromatic heterocycles. The van der Waals surface area contributed by atoms with E-state index in [1.54, 1.807) is 18.3 Å². The molecule has 2 N–H and O–H groups in total. The quantitative estimate of drug-likeness (QED) is 0.764. The third-order valence-electron chi connectivity index (χ3n) is 1.64. The Hall–Kier alpha value is -1.20. The standard InChI is InChI=1S/C8H9N3OS/c1-5(12)7-9-8(11-10-7)6-3-2-4-13-6/h2-5,12H,1H3,(H,9,10,11)/t5-/m0/s1. The van der Waals surface area contributed by atoms with E-state index in [0.29, 0.717) is 11.6 Å². The number of rotatable bonds is 2. The molecule has 2 rings (SSSR count). The molecular weight excluding hydrogens is 186 g/mol. The highest BCUT2D eigenvalue weighted by Crippen LogP contribution is 2.21. The second-order valence-corrected chi connectivity index (χ2v) is 3.65. The van der Waals surface area contributed by atoms with Gasteiger partial charge in [0.1, 0.15) is 6.10 Å². The fourth-order valence-electron chi connectivity index (χ4n) is 0.977. The number of aromatic amines is 1. The molecule has 0 aliphatic carbocycles. The second kappa shape index (κ2) is 3.27. The third kappa shape index (κ3) is 1.61. The van der Waals surface area contributed by atoms with Gasteiger partial charge >= 0.3 is 0 Å². The molecule has 0 bridgehead atoms. The van der Waals surface area contributed by atoms with Gasteiger partial charge in [0.15, 0.2) is 11.6 Å². The van der Waals surface area contributed by atoms with Crippen molar-refractivity contribution in [1.29, 1.82) is 0 Å². The first-order valence-electron chi connectivity index (χ1n) is 3.91. The van der Waals surface area contributed by atoms with Crippen molar-refractivity contribution in [3.8, 4) is 10.7 Å². The predicted molar refractivity (Wildman–Crippen MR) is 50.3 cm³/mol. The third-order valence-corrected chi connectivity index (χ3v) is 2.51. The number of hydrogen-bond acceptors (Lipinski definition) is 4. The average molecular weight is 195 g/mol. The Morgan fingerprint density at radius 2 is 2.46 bits per heavy atom. The Morgan fingerprint density at radius 3 is 3.00 bits per heavy atom. The minimum Gasteiger partial charge on any atom is -0.385 e. The molecule has 0 aliphatic heterocycles. The average Bonchev–Trinajstić information content (AvgIpc) is 2.75. The van der Waals surface area contributed by atoms with Crippen LogP contribution in [0.15, 0.2) is 17.5 Å². The van der Waals surface area contributed by atoms with Crippen molar-refractivity contribution in [3.63, 3.8) is 0 Å². The Morgan fingerprint density at radius 1 is 1.62 bits per heavy atom. The highest BCUT2D eigenvalue weighted by Gasteiger charge is 2.09. The summed E-state index contributed by atoms with van der Waals surface area (Å²) in [7, 11) is 0. The van der Waals surface area contributed by atoms with Gasteiger partial charge in [-0.2, -0.15) is 5.10 Å². The van der Waals surface area contributed by atoms with Gasteiger partial charge in [0, 0.05) is 0 Å². The number of thiophene rings is 1. The zero-order valence-corrected chi connectivity index (χ0v) is 7.88. The smallest absolute Gasteiger partial charge is 0.191 e. The molecule has 0 saturated carbocycles. The maximum atomic E-state index is 9.20. The lowest BCUT2D eigenvalue weighted by atomic mass is 10.4. The Kier molecular flexibility index (Phi) is 2.12. The van der Waals surface area contributed by atoms with Gasteiger partial charge in [0.05, 0.1) is 4.88 Å². The fraction of sp³-hybridized carbons (Fsp3) is 0.250. The van der Waals surface area contributed by atoms with E-state index in [-0.39, 0.29) is 0 Å². The van der Waals surface area contributed by atoms with Gasteiger partial charge in [-0.15, -0.1) is 11.3 Å². The molecular formula is C8H9N3OS. The van der Waals surface area contributed by atoms with E-state index in [0.717, 1.165) is 4.88 Å². The van der Waals surface area contributed by atoms with E-state index in [2.05, 4.69) is 15.2 Å². The summed E-state index contributed by atoms with van der Waals surface area (Å²) in [5.41, 5.74) is 0. The molecule has 0 saturated heterocycles. The predicted octanol–water partition coefficient (Wildman–Crippen LogP) is 1.59. The van der Waals surface area contributed by atoms with Crippen molar-refractivity contribution >= 4 is 11.3 Å². The first-order chi connectivity index (χ1) is 6.27. The monoisotopic (exact) mass is 195 g/mol. The van der Waals surface area contributed by atoms with E-state index < -0.39 is 6.10 Å². The Balaban J connectivity index is 2.33. The summed E-state index contributed by atoms with van der Waals surface area (Å²) >= 11 is 1.57. The SMILES string of the molecule is C[C@H](O)c1nc(-c2cccs2)n[nH]1. The van der Waals surface area contributed by atoms with Crippen LogP contribution in [0.3, 0.4) is 0 Å². The van der Waals surface area contributed by atoms with Crippen molar-refractivity contribution in [2.24, 2.45) is 0 Å². The largest absolute Gasteiger partial charge is 0.385 e. The molecule has 0 fully saturated rings. The fourth-order valence-corrected chi connectivity index (χ4v) is 1.63. The van der Waals surface area contributed by atoms with Crippen LogP contribution in [0.5, 0.6) is 0 Å². The number of hydrogen-bond donors (Lipinski definition) is 2. The topological polar surface area (TPSA) is 61.8 Å². The van der Waals surface area contributed by atoms with Gasteiger partial charge in [-0.25, -0.2) is 4.98 Å². The molecule has 0 unspecified atom stereocenters. The maximum absolute atomic E-state index is 9.20. The van der Waals surface area contributed by atoms with Crippen molar-refractivity contribution < 1.29 is 5.11 Å². The van der Waals surface area contributed by atoms with E-state index in [1.165, 1.54) is 0 Å². The minimum atomic E-state index is -0.596. The van der Waals surface area contributed by atoms with Gasteiger partial charge in [-0.05, 0) is 18.4 Å². The van der Waals surface area contributed by atoms with Crippen molar-refractivity contribution in [2.75, 3.05) is 0 Å². The highest BCUT2D eigenvalue weighted by atomic mass is 32.1. The second-order valence-electron chi connectivity index (χ2n) is 2.70. The Bertz CT molecular complexity index is 380. The molecule has 0 radical (unpaired) electrons. The summed E-state index contributed by atoms with van der Waals surface area (Å²) in [6, 6.07) is 3.89. The van der Waals surface area contributed by atoms with Crippen molar-refractivity contribution in [2.45, 2.75) is 13.0 Å². The van der Waals surface area contributed by atoms with Crippen LogP contribution in [0, 0.1) is 0 Å². The van der Waals surface area contributed by atoms with Crippen LogP contribution in [0.2, 0.25) is 0 Å². The first kappa shape index (κ1) is 8.40. The van der Waals surface area contributed by atoms with Crippen molar-refractivity contribution in [3.05, 3.63) is 23.3 Å². The van der Waals surface area contributed by atoms with E-state index in [1.807, 2.05) is 17.5 Å².